The summed E-state index contributed by atoms with van der Waals surface area (Å²) in [5, 5.41) is 5.46. The number of amides is 2. The Kier molecular flexibility index (Phi) is 4.62. The standard InChI is InChI=1S/C14H18N2O4S/c1-21(19,20)8-7-13(17)15-12-4-2-3-10(9-12)14(18)16-11-5-6-11/h2-4,9,11H,5-8H2,1H3,(H,15,17)(H,16,18). The quantitative estimate of drug-likeness (QED) is 0.818. The van der Waals surface area contributed by atoms with Crippen LogP contribution in [0.5, 0.6) is 0 Å². The topological polar surface area (TPSA) is 92.3 Å². The number of carbonyl (C=O) groups is 2. The summed E-state index contributed by atoms with van der Waals surface area (Å²) in [6, 6.07) is 6.85. The van der Waals surface area contributed by atoms with Gasteiger partial charge in [0.25, 0.3) is 5.91 Å². The number of anilines is 1. The van der Waals surface area contributed by atoms with Crippen molar-refractivity contribution in [2.45, 2.75) is 25.3 Å². The molecule has 1 fully saturated rings. The van der Waals surface area contributed by atoms with Gasteiger partial charge in [-0.1, -0.05) is 6.07 Å². The number of carbonyl (C=O) groups excluding carboxylic acids is 2. The zero-order valence-corrected chi connectivity index (χ0v) is 12.6. The van der Waals surface area contributed by atoms with Gasteiger partial charge in [0.05, 0.1) is 5.75 Å². The van der Waals surface area contributed by atoms with Gasteiger partial charge < -0.3 is 10.6 Å². The molecule has 0 heterocycles. The highest BCUT2D eigenvalue weighted by atomic mass is 32.2. The molecule has 0 saturated heterocycles. The molecule has 21 heavy (non-hydrogen) atoms. The van der Waals surface area contributed by atoms with Crippen LogP contribution in [0.25, 0.3) is 0 Å². The fourth-order valence-electron chi connectivity index (χ4n) is 1.74. The van der Waals surface area contributed by atoms with E-state index in [1.807, 2.05) is 0 Å². The second kappa shape index (κ2) is 6.26. The molecule has 1 aliphatic rings. The van der Waals surface area contributed by atoms with Crippen molar-refractivity contribution >= 4 is 27.3 Å². The smallest absolute Gasteiger partial charge is 0.251 e. The van der Waals surface area contributed by atoms with Crippen LogP contribution < -0.4 is 10.6 Å². The fourth-order valence-corrected chi connectivity index (χ4v) is 2.29. The highest BCUT2D eigenvalue weighted by Crippen LogP contribution is 2.20. The highest BCUT2D eigenvalue weighted by molar-refractivity contribution is 7.90. The van der Waals surface area contributed by atoms with Crippen molar-refractivity contribution < 1.29 is 18.0 Å². The van der Waals surface area contributed by atoms with Gasteiger partial charge in [-0.05, 0) is 31.0 Å². The third-order valence-corrected chi connectivity index (χ3v) is 3.97. The van der Waals surface area contributed by atoms with Gasteiger partial charge in [-0.2, -0.15) is 0 Å². The van der Waals surface area contributed by atoms with Crippen molar-refractivity contribution in [3.63, 3.8) is 0 Å². The third-order valence-electron chi connectivity index (χ3n) is 3.02. The van der Waals surface area contributed by atoms with E-state index >= 15 is 0 Å². The Hall–Kier alpha value is -1.89. The van der Waals surface area contributed by atoms with Gasteiger partial charge in [0.2, 0.25) is 5.91 Å². The minimum atomic E-state index is -3.16. The monoisotopic (exact) mass is 310 g/mol. The molecule has 1 aliphatic carbocycles. The summed E-state index contributed by atoms with van der Waals surface area (Å²) >= 11 is 0. The first kappa shape index (κ1) is 15.5. The summed E-state index contributed by atoms with van der Waals surface area (Å²) in [6.07, 6.45) is 3.00. The zero-order chi connectivity index (χ0) is 15.5. The lowest BCUT2D eigenvalue weighted by atomic mass is 10.2. The van der Waals surface area contributed by atoms with Gasteiger partial charge in [0.15, 0.2) is 0 Å². The lowest BCUT2D eigenvalue weighted by Crippen LogP contribution is -2.25. The Morgan fingerprint density at radius 2 is 2.00 bits per heavy atom. The maximum Gasteiger partial charge on any atom is 0.251 e. The summed E-state index contributed by atoms with van der Waals surface area (Å²) in [5.41, 5.74) is 0.958. The summed E-state index contributed by atoms with van der Waals surface area (Å²) in [6.45, 7) is 0. The van der Waals surface area contributed by atoms with Crippen LogP contribution in [-0.2, 0) is 14.6 Å². The Balaban J connectivity index is 1.93. The van der Waals surface area contributed by atoms with Crippen LogP contribution in [0.4, 0.5) is 5.69 Å². The predicted molar refractivity (Wildman–Crippen MR) is 79.9 cm³/mol. The summed E-state index contributed by atoms with van der Waals surface area (Å²) in [4.78, 5) is 23.5. The average Bonchev–Trinajstić information content (AvgIpc) is 3.20. The number of sulfone groups is 1. The van der Waals surface area contributed by atoms with Crippen molar-refractivity contribution in [2.75, 3.05) is 17.3 Å². The number of rotatable bonds is 6. The Labute approximate surface area is 123 Å². The minimum absolute atomic E-state index is 0.0999. The first-order valence-corrected chi connectivity index (χ1v) is 8.78. The van der Waals surface area contributed by atoms with Crippen molar-refractivity contribution in [3.05, 3.63) is 29.8 Å². The van der Waals surface area contributed by atoms with Gasteiger partial charge in [0, 0.05) is 30.0 Å². The van der Waals surface area contributed by atoms with Crippen LogP contribution in [0.1, 0.15) is 29.6 Å². The molecule has 0 unspecified atom stereocenters. The molecule has 0 aliphatic heterocycles. The third kappa shape index (κ3) is 5.55. The van der Waals surface area contributed by atoms with E-state index in [4.69, 9.17) is 0 Å². The molecule has 2 rings (SSSR count). The van der Waals surface area contributed by atoms with Crippen molar-refractivity contribution in [3.8, 4) is 0 Å². The fraction of sp³-hybridized carbons (Fsp3) is 0.429. The van der Waals surface area contributed by atoms with E-state index < -0.39 is 9.84 Å². The summed E-state index contributed by atoms with van der Waals surface area (Å²) in [5.74, 6) is -0.745. The van der Waals surface area contributed by atoms with Crippen molar-refractivity contribution in [1.82, 2.24) is 5.32 Å². The molecule has 1 aromatic carbocycles. The molecule has 1 saturated carbocycles. The molecular weight excluding hydrogens is 292 g/mol. The minimum Gasteiger partial charge on any atom is -0.349 e. The van der Waals surface area contributed by atoms with E-state index in [1.54, 1.807) is 24.3 Å². The second-order valence-electron chi connectivity index (χ2n) is 5.26. The van der Waals surface area contributed by atoms with Gasteiger partial charge in [-0.25, -0.2) is 8.42 Å². The molecule has 6 nitrogen and oxygen atoms in total. The zero-order valence-electron chi connectivity index (χ0n) is 11.8. The highest BCUT2D eigenvalue weighted by Gasteiger charge is 2.23. The molecule has 2 amide bonds. The molecule has 0 bridgehead atoms. The van der Waals surface area contributed by atoms with E-state index in [0.29, 0.717) is 11.3 Å². The van der Waals surface area contributed by atoms with E-state index in [1.165, 1.54) is 0 Å². The Morgan fingerprint density at radius 1 is 1.29 bits per heavy atom. The summed E-state index contributed by atoms with van der Waals surface area (Å²) < 4.78 is 22.0. The maximum atomic E-state index is 11.9. The van der Waals surface area contributed by atoms with Crippen LogP contribution in [0, 0.1) is 0 Å². The van der Waals surface area contributed by atoms with E-state index in [-0.39, 0.29) is 30.0 Å². The van der Waals surface area contributed by atoms with Crippen molar-refractivity contribution in [1.29, 1.82) is 0 Å². The molecule has 0 spiro atoms. The number of hydrogen-bond acceptors (Lipinski definition) is 4. The van der Waals surface area contributed by atoms with E-state index in [0.717, 1.165) is 19.1 Å². The molecule has 0 radical (unpaired) electrons. The van der Waals surface area contributed by atoms with Crippen LogP contribution >= 0.6 is 0 Å². The molecule has 1 aromatic rings. The number of nitrogens with one attached hydrogen (secondary N) is 2. The largest absolute Gasteiger partial charge is 0.349 e. The maximum absolute atomic E-state index is 11.9. The molecule has 114 valence electrons. The van der Waals surface area contributed by atoms with Gasteiger partial charge in [0.1, 0.15) is 9.84 Å². The lowest BCUT2D eigenvalue weighted by Gasteiger charge is -2.07. The lowest BCUT2D eigenvalue weighted by molar-refractivity contribution is -0.115. The SMILES string of the molecule is CS(=O)(=O)CCC(=O)Nc1cccc(C(=O)NC2CC2)c1. The molecule has 0 atom stereocenters. The first-order valence-electron chi connectivity index (χ1n) is 6.72. The van der Waals surface area contributed by atoms with Gasteiger partial charge in [-0.15, -0.1) is 0 Å². The van der Waals surface area contributed by atoms with Gasteiger partial charge in [-0.3, -0.25) is 9.59 Å². The van der Waals surface area contributed by atoms with Crippen LogP contribution in [0.3, 0.4) is 0 Å². The van der Waals surface area contributed by atoms with Gasteiger partial charge >= 0.3 is 0 Å². The van der Waals surface area contributed by atoms with Crippen LogP contribution in [-0.4, -0.2) is 38.3 Å². The molecule has 7 heteroatoms. The molecule has 2 N–H and O–H groups in total. The summed E-state index contributed by atoms with van der Waals surface area (Å²) in [7, 11) is -3.16. The second-order valence-corrected chi connectivity index (χ2v) is 7.52. The van der Waals surface area contributed by atoms with E-state index in [2.05, 4.69) is 10.6 Å². The average molecular weight is 310 g/mol. The number of benzene rings is 1. The normalized spacial score (nSPS) is 14.5. The Morgan fingerprint density at radius 3 is 2.62 bits per heavy atom. The number of hydrogen-bond donors (Lipinski definition) is 2. The Bertz CT molecular complexity index is 651. The van der Waals surface area contributed by atoms with Crippen LogP contribution in [0.15, 0.2) is 24.3 Å². The molecular formula is C14H18N2O4S. The van der Waals surface area contributed by atoms with E-state index in [9.17, 15) is 18.0 Å². The van der Waals surface area contributed by atoms with Crippen LogP contribution in [0.2, 0.25) is 0 Å². The predicted octanol–water partition coefficient (Wildman–Crippen LogP) is 0.952. The molecule has 0 aromatic heterocycles. The van der Waals surface area contributed by atoms with Crippen molar-refractivity contribution in [2.24, 2.45) is 0 Å². The first-order chi connectivity index (χ1) is 9.83.